The van der Waals surface area contributed by atoms with Gasteiger partial charge in [-0.3, -0.25) is 13.9 Å². The molecule has 2 fully saturated rings. The summed E-state index contributed by atoms with van der Waals surface area (Å²) < 4.78 is 4.96. The number of benzene rings is 1. The highest BCUT2D eigenvalue weighted by Gasteiger charge is 2.25. The number of aromatic nitrogens is 4. The zero-order valence-electron chi connectivity index (χ0n) is 20.4. The predicted octanol–water partition coefficient (Wildman–Crippen LogP) is 4.42. The van der Waals surface area contributed by atoms with Crippen molar-refractivity contribution in [2.45, 2.75) is 77.3 Å². The summed E-state index contributed by atoms with van der Waals surface area (Å²) in [6, 6.07) is 6.48. The van der Waals surface area contributed by atoms with E-state index in [9.17, 15) is 19.5 Å². The van der Waals surface area contributed by atoms with Crippen LogP contribution in [0, 0.1) is 11.8 Å². The number of carboxylic acid groups (broad SMARTS) is 1. The van der Waals surface area contributed by atoms with E-state index in [1.165, 1.54) is 42.4 Å². The Bertz CT molecular complexity index is 1340. The second kappa shape index (κ2) is 9.84. The van der Waals surface area contributed by atoms with Crippen molar-refractivity contribution in [3.05, 3.63) is 50.7 Å². The van der Waals surface area contributed by atoms with Gasteiger partial charge in [-0.25, -0.2) is 14.6 Å². The predicted molar refractivity (Wildman–Crippen MR) is 135 cm³/mol. The van der Waals surface area contributed by atoms with Gasteiger partial charge in [0.05, 0.1) is 5.56 Å². The van der Waals surface area contributed by atoms with E-state index in [2.05, 4.69) is 0 Å². The van der Waals surface area contributed by atoms with Crippen LogP contribution in [0.5, 0.6) is 0 Å². The molecule has 0 atom stereocenters. The van der Waals surface area contributed by atoms with E-state index >= 15 is 0 Å². The fourth-order valence-corrected chi connectivity index (χ4v) is 5.96. The van der Waals surface area contributed by atoms with E-state index in [0.717, 1.165) is 38.5 Å². The smallest absolute Gasteiger partial charge is 0.335 e. The Kier molecular flexibility index (Phi) is 6.62. The monoisotopic (exact) mass is 478 g/mol. The highest BCUT2D eigenvalue weighted by atomic mass is 16.4. The molecule has 0 amide bonds. The topological polar surface area (TPSA) is 99.1 Å². The Morgan fingerprint density at radius 1 is 0.886 bits per heavy atom. The van der Waals surface area contributed by atoms with E-state index in [1.54, 1.807) is 28.3 Å². The molecule has 1 N–H and O–H groups in total. The summed E-state index contributed by atoms with van der Waals surface area (Å²) in [5, 5.41) is 9.24. The van der Waals surface area contributed by atoms with Crippen LogP contribution in [0.1, 0.15) is 74.6 Å². The standard InChI is InChI=1S/C27H34N4O4/c1-29-22-24(28-23(29)20-12-14-21(15-13-20)26(33)34)30(16-18-8-4-2-5-9-18)27(35)31(25(22)32)17-19-10-6-3-7-11-19/h12-15,18-19H,2-11,16-17H2,1H3,(H,33,34). The molecule has 2 aromatic heterocycles. The van der Waals surface area contributed by atoms with E-state index in [-0.39, 0.29) is 16.8 Å². The lowest BCUT2D eigenvalue weighted by molar-refractivity contribution is 0.0697. The van der Waals surface area contributed by atoms with E-state index in [1.807, 2.05) is 0 Å². The minimum absolute atomic E-state index is 0.191. The van der Waals surface area contributed by atoms with Crippen molar-refractivity contribution in [3.8, 4) is 11.4 Å². The molecule has 0 aliphatic heterocycles. The van der Waals surface area contributed by atoms with Crippen molar-refractivity contribution in [2.75, 3.05) is 0 Å². The minimum Gasteiger partial charge on any atom is -0.478 e. The van der Waals surface area contributed by atoms with Crippen molar-refractivity contribution in [1.29, 1.82) is 0 Å². The number of nitrogens with zero attached hydrogens (tertiary/aromatic N) is 4. The second-order valence-corrected chi connectivity index (χ2v) is 10.4. The average Bonchev–Trinajstić information content (AvgIpc) is 3.22. The molecule has 3 aromatic rings. The van der Waals surface area contributed by atoms with Crippen molar-refractivity contribution in [3.63, 3.8) is 0 Å². The van der Waals surface area contributed by atoms with E-state index < -0.39 is 5.97 Å². The number of hydrogen-bond donors (Lipinski definition) is 1. The number of carbonyl (C=O) groups is 1. The van der Waals surface area contributed by atoms with Gasteiger partial charge < -0.3 is 9.67 Å². The zero-order chi connectivity index (χ0) is 24.5. The number of imidazole rings is 1. The summed E-state index contributed by atoms with van der Waals surface area (Å²) in [5.41, 5.74) is 1.25. The van der Waals surface area contributed by atoms with Gasteiger partial charge in [0, 0.05) is 25.7 Å². The highest BCUT2D eigenvalue weighted by Crippen LogP contribution is 2.28. The van der Waals surface area contributed by atoms with Crippen LogP contribution in [0.3, 0.4) is 0 Å². The lowest BCUT2D eigenvalue weighted by atomic mass is 9.89. The Morgan fingerprint density at radius 3 is 1.97 bits per heavy atom. The molecule has 0 bridgehead atoms. The van der Waals surface area contributed by atoms with Crippen LogP contribution in [-0.4, -0.2) is 29.8 Å². The van der Waals surface area contributed by atoms with Gasteiger partial charge in [-0.2, -0.15) is 0 Å². The van der Waals surface area contributed by atoms with Gasteiger partial charge in [0.25, 0.3) is 5.56 Å². The Morgan fingerprint density at radius 2 is 1.43 bits per heavy atom. The van der Waals surface area contributed by atoms with Crippen LogP contribution in [0.2, 0.25) is 0 Å². The van der Waals surface area contributed by atoms with Gasteiger partial charge in [-0.15, -0.1) is 0 Å². The summed E-state index contributed by atoms with van der Waals surface area (Å²) in [6.45, 7) is 1.04. The van der Waals surface area contributed by atoms with Gasteiger partial charge in [0.15, 0.2) is 11.2 Å². The molecule has 1 aromatic carbocycles. The minimum atomic E-state index is -0.992. The molecule has 0 spiro atoms. The van der Waals surface area contributed by atoms with E-state index in [0.29, 0.717) is 47.5 Å². The van der Waals surface area contributed by atoms with Gasteiger partial charge in [0.2, 0.25) is 0 Å². The SMILES string of the molecule is Cn1c(-c2ccc(C(=O)O)cc2)nc2c1c(=O)n(CC1CCCCC1)c(=O)n2CC1CCCCC1. The first-order valence-corrected chi connectivity index (χ1v) is 13.0. The number of aromatic carboxylic acids is 1. The van der Waals surface area contributed by atoms with Crippen molar-refractivity contribution < 1.29 is 9.90 Å². The van der Waals surface area contributed by atoms with Crippen molar-refractivity contribution >= 4 is 17.1 Å². The number of aryl methyl sites for hydroxylation is 1. The number of rotatable bonds is 6. The summed E-state index contributed by atoms with van der Waals surface area (Å²) in [6.07, 6.45) is 11.4. The Labute approximate surface area is 204 Å². The molecule has 8 nitrogen and oxygen atoms in total. The molecule has 0 unspecified atom stereocenters. The van der Waals surface area contributed by atoms with Gasteiger partial charge in [-0.1, -0.05) is 50.7 Å². The molecule has 8 heteroatoms. The molecule has 5 rings (SSSR count). The van der Waals surface area contributed by atoms with Crippen LogP contribution < -0.4 is 11.2 Å². The molecule has 186 valence electrons. The lowest BCUT2D eigenvalue weighted by Crippen LogP contribution is -2.43. The first-order chi connectivity index (χ1) is 16.9. The normalized spacial score (nSPS) is 17.7. The van der Waals surface area contributed by atoms with E-state index in [4.69, 9.17) is 4.98 Å². The third-order valence-corrected chi connectivity index (χ3v) is 7.96. The largest absolute Gasteiger partial charge is 0.478 e. The van der Waals surface area contributed by atoms with Crippen LogP contribution >= 0.6 is 0 Å². The molecule has 0 saturated heterocycles. The molecule has 2 aliphatic rings. The molecular weight excluding hydrogens is 444 g/mol. The molecule has 2 heterocycles. The highest BCUT2D eigenvalue weighted by molar-refractivity contribution is 5.88. The summed E-state index contributed by atoms with van der Waals surface area (Å²) in [4.78, 5) is 43.5. The maximum atomic E-state index is 13.7. The van der Waals surface area contributed by atoms with Gasteiger partial charge in [-0.05, 0) is 49.7 Å². The molecule has 2 saturated carbocycles. The fourth-order valence-electron chi connectivity index (χ4n) is 5.96. The number of hydrogen-bond acceptors (Lipinski definition) is 4. The van der Waals surface area contributed by atoms with Crippen LogP contribution in [0.25, 0.3) is 22.6 Å². The quantitative estimate of drug-likeness (QED) is 0.565. The fraction of sp³-hybridized carbons (Fsp3) is 0.556. The maximum absolute atomic E-state index is 13.7. The first kappa shape index (κ1) is 23.6. The lowest BCUT2D eigenvalue weighted by Gasteiger charge is -2.24. The van der Waals surface area contributed by atoms with Crippen LogP contribution in [0.4, 0.5) is 0 Å². The molecular formula is C27H34N4O4. The van der Waals surface area contributed by atoms with Crippen molar-refractivity contribution in [2.24, 2.45) is 18.9 Å². The third kappa shape index (κ3) is 4.58. The maximum Gasteiger partial charge on any atom is 0.335 e. The number of carboxylic acids is 1. The molecule has 35 heavy (non-hydrogen) atoms. The zero-order valence-corrected chi connectivity index (χ0v) is 20.4. The van der Waals surface area contributed by atoms with Crippen LogP contribution in [0.15, 0.2) is 33.9 Å². The second-order valence-electron chi connectivity index (χ2n) is 10.4. The van der Waals surface area contributed by atoms with Gasteiger partial charge in [0.1, 0.15) is 5.82 Å². The summed E-state index contributed by atoms with van der Waals surface area (Å²) in [7, 11) is 1.80. The first-order valence-electron chi connectivity index (χ1n) is 13.0. The van der Waals surface area contributed by atoms with Gasteiger partial charge >= 0.3 is 11.7 Å². The third-order valence-electron chi connectivity index (χ3n) is 7.96. The Balaban J connectivity index is 1.65. The summed E-state index contributed by atoms with van der Waals surface area (Å²) in [5.74, 6) is 0.325. The average molecular weight is 479 g/mol. The van der Waals surface area contributed by atoms with Crippen molar-refractivity contribution in [1.82, 2.24) is 18.7 Å². The summed E-state index contributed by atoms with van der Waals surface area (Å²) >= 11 is 0. The molecule has 2 aliphatic carbocycles. The molecule has 0 radical (unpaired) electrons. The Hall–Kier alpha value is -3.16. The number of fused-ring (bicyclic) bond motifs is 1. The van der Waals surface area contributed by atoms with Crippen LogP contribution in [-0.2, 0) is 20.1 Å².